The molecule has 0 unspecified atom stereocenters. The van der Waals surface area contributed by atoms with Crippen molar-refractivity contribution in [1.29, 1.82) is 0 Å². The molecule has 0 saturated heterocycles. The molecule has 0 fully saturated rings. The molecule has 1 rings (SSSR count). The molecule has 0 radical (unpaired) electrons. The summed E-state index contributed by atoms with van der Waals surface area (Å²) in [5, 5.41) is 0.123. The number of pyridine rings is 1. The van der Waals surface area contributed by atoms with E-state index in [1.165, 1.54) is 11.8 Å². The van der Waals surface area contributed by atoms with Crippen LogP contribution in [0.2, 0.25) is 0 Å². The van der Waals surface area contributed by atoms with Crippen molar-refractivity contribution in [3.05, 3.63) is 30.0 Å². The lowest BCUT2D eigenvalue weighted by molar-refractivity contribution is -0.109. The SMILES string of the molecule is COc1ncccc1C=CCSC(C)=O. The maximum Gasteiger partial charge on any atom is 0.220 e. The molecule has 1 aromatic heterocycles. The second kappa shape index (κ2) is 6.24. The summed E-state index contributed by atoms with van der Waals surface area (Å²) in [4.78, 5) is 14.7. The number of hydrogen-bond donors (Lipinski definition) is 0. The fourth-order valence-corrected chi connectivity index (χ4v) is 1.47. The van der Waals surface area contributed by atoms with Crippen molar-refractivity contribution in [1.82, 2.24) is 4.98 Å². The van der Waals surface area contributed by atoms with Crippen molar-refractivity contribution in [2.75, 3.05) is 12.9 Å². The van der Waals surface area contributed by atoms with Crippen molar-refractivity contribution in [2.24, 2.45) is 0 Å². The third-order valence-corrected chi connectivity index (χ3v) is 2.44. The third kappa shape index (κ3) is 4.16. The molecule has 0 N–H and O–H groups in total. The first kappa shape index (κ1) is 11.8. The minimum atomic E-state index is 0.123. The van der Waals surface area contributed by atoms with Gasteiger partial charge in [-0.3, -0.25) is 4.79 Å². The number of rotatable bonds is 4. The van der Waals surface area contributed by atoms with E-state index < -0.39 is 0 Å². The second-order valence-corrected chi connectivity index (χ2v) is 4.00. The summed E-state index contributed by atoms with van der Waals surface area (Å²) in [6.07, 6.45) is 5.51. The van der Waals surface area contributed by atoms with Crippen LogP contribution in [0.3, 0.4) is 0 Å². The smallest absolute Gasteiger partial charge is 0.220 e. The molecular weight excluding hydrogens is 210 g/mol. The number of hydrogen-bond acceptors (Lipinski definition) is 4. The lowest BCUT2D eigenvalue weighted by atomic mass is 10.2. The molecule has 0 atom stereocenters. The molecule has 0 amide bonds. The monoisotopic (exact) mass is 223 g/mol. The summed E-state index contributed by atoms with van der Waals surface area (Å²) >= 11 is 1.28. The van der Waals surface area contributed by atoms with E-state index in [0.717, 1.165) is 5.56 Å². The second-order valence-electron chi connectivity index (χ2n) is 2.81. The molecule has 3 nitrogen and oxygen atoms in total. The van der Waals surface area contributed by atoms with Gasteiger partial charge in [0.15, 0.2) is 5.12 Å². The van der Waals surface area contributed by atoms with Crippen molar-refractivity contribution >= 4 is 23.0 Å². The molecule has 4 heteroatoms. The van der Waals surface area contributed by atoms with E-state index in [1.54, 1.807) is 20.2 Å². The number of nitrogens with zero attached hydrogens (tertiary/aromatic N) is 1. The summed E-state index contributed by atoms with van der Waals surface area (Å²) in [5.41, 5.74) is 0.921. The molecule has 0 aliphatic rings. The van der Waals surface area contributed by atoms with Gasteiger partial charge in [0.2, 0.25) is 5.88 Å². The number of carbonyl (C=O) groups excluding carboxylic acids is 1. The van der Waals surface area contributed by atoms with Crippen LogP contribution in [-0.2, 0) is 4.79 Å². The quantitative estimate of drug-likeness (QED) is 0.785. The Morgan fingerprint density at radius 2 is 2.47 bits per heavy atom. The Bertz CT molecular complexity index is 363. The van der Waals surface area contributed by atoms with E-state index in [-0.39, 0.29) is 5.12 Å². The number of ether oxygens (including phenoxy) is 1. The summed E-state index contributed by atoms with van der Waals surface area (Å²) < 4.78 is 5.09. The van der Waals surface area contributed by atoms with Gasteiger partial charge in [0.05, 0.1) is 7.11 Å². The van der Waals surface area contributed by atoms with Crippen LogP contribution in [0.15, 0.2) is 24.4 Å². The minimum absolute atomic E-state index is 0.123. The zero-order chi connectivity index (χ0) is 11.1. The average molecular weight is 223 g/mol. The van der Waals surface area contributed by atoms with Gasteiger partial charge in [-0.25, -0.2) is 4.98 Å². The van der Waals surface area contributed by atoms with Gasteiger partial charge < -0.3 is 4.74 Å². The van der Waals surface area contributed by atoms with E-state index in [2.05, 4.69) is 4.98 Å². The Morgan fingerprint density at radius 3 is 3.13 bits per heavy atom. The highest BCUT2D eigenvalue weighted by molar-refractivity contribution is 8.13. The van der Waals surface area contributed by atoms with E-state index in [4.69, 9.17) is 4.74 Å². The Kier molecular flexibility index (Phi) is 4.90. The van der Waals surface area contributed by atoms with Crippen LogP contribution in [0.25, 0.3) is 6.08 Å². The van der Waals surface area contributed by atoms with Gasteiger partial charge in [-0.2, -0.15) is 0 Å². The summed E-state index contributed by atoms with van der Waals surface area (Å²) in [6.45, 7) is 1.56. The first-order valence-electron chi connectivity index (χ1n) is 4.53. The van der Waals surface area contributed by atoms with Gasteiger partial charge >= 0.3 is 0 Å². The van der Waals surface area contributed by atoms with Crippen molar-refractivity contribution in [2.45, 2.75) is 6.92 Å². The van der Waals surface area contributed by atoms with Crippen molar-refractivity contribution in [3.63, 3.8) is 0 Å². The van der Waals surface area contributed by atoms with Crippen LogP contribution >= 0.6 is 11.8 Å². The normalized spacial score (nSPS) is 10.5. The Hall–Kier alpha value is -1.29. The number of aromatic nitrogens is 1. The summed E-state index contributed by atoms with van der Waals surface area (Å²) in [5.74, 6) is 1.27. The van der Waals surface area contributed by atoms with Crippen LogP contribution in [0.5, 0.6) is 5.88 Å². The molecule has 15 heavy (non-hydrogen) atoms. The zero-order valence-electron chi connectivity index (χ0n) is 8.77. The molecule has 0 saturated carbocycles. The van der Waals surface area contributed by atoms with Gasteiger partial charge in [0.1, 0.15) is 0 Å². The van der Waals surface area contributed by atoms with E-state index in [9.17, 15) is 4.79 Å². The molecule has 0 bridgehead atoms. The summed E-state index contributed by atoms with van der Waals surface area (Å²) in [7, 11) is 1.59. The molecule has 0 aliphatic heterocycles. The van der Waals surface area contributed by atoms with Crippen molar-refractivity contribution < 1.29 is 9.53 Å². The number of methoxy groups -OCH3 is 1. The minimum Gasteiger partial charge on any atom is -0.481 e. The molecule has 0 spiro atoms. The lowest BCUT2D eigenvalue weighted by Gasteiger charge is -2.01. The van der Waals surface area contributed by atoms with Crippen LogP contribution in [0.1, 0.15) is 12.5 Å². The van der Waals surface area contributed by atoms with Gasteiger partial charge in [0, 0.05) is 24.4 Å². The number of carbonyl (C=O) groups is 1. The van der Waals surface area contributed by atoms with E-state index >= 15 is 0 Å². The highest BCUT2D eigenvalue weighted by Crippen LogP contribution is 2.15. The first-order valence-corrected chi connectivity index (χ1v) is 5.51. The Balaban J connectivity index is 2.59. The fraction of sp³-hybridized carbons (Fsp3) is 0.273. The summed E-state index contributed by atoms with van der Waals surface area (Å²) in [6, 6.07) is 3.76. The standard InChI is InChI=1S/C11H13NO2S/c1-9(13)15-8-4-6-10-5-3-7-12-11(10)14-2/h3-7H,8H2,1-2H3. The molecule has 1 aromatic rings. The first-order chi connectivity index (χ1) is 7.24. The topological polar surface area (TPSA) is 39.2 Å². The number of thioether (sulfide) groups is 1. The highest BCUT2D eigenvalue weighted by atomic mass is 32.2. The third-order valence-electron chi connectivity index (χ3n) is 1.67. The molecule has 0 aliphatic carbocycles. The van der Waals surface area contributed by atoms with Crippen molar-refractivity contribution in [3.8, 4) is 5.88 Å². The van der Waals surface area contributed by atoms with Gasteiger partial charge in [-0.05, 0) is 12.1 Å². The maximum absolute atomic E-state index is 10.7. The molecule has 0 aromatic carbocycles. The fourth-order valence-electron chi connectivity index (χ4n) is 1.04. The average Bonchev–Trinajstić information content (AvgIpc) is 2.24. The van der Waals surface area contributed by atoms with Gasteiger partial charge in [-0.1, -0.05) is 23.9 Å². The Labute approximate surface area is 93.5 Å². The van der Waals surface area contributed by atoms with Gasteiger partial charge in [0.25, 0.3) is 0 Å². The van der Waals surface area contributed by atoms with E-state index in [0.29, 0.717) is 11.6 Å². The van der Waals surface area contributed by atoms with Crippen LogP contribution in [-0.4, -0.2) is 23.0 Å². The van der Waals surface area contributed by atoms with Crippen LogP contribution < -0.4 is 4.74 Å². The molecular formula is C11H13NO2S. The van der Waals surface area contributed by atoms with E-state index in [1.807, 2.05) is 24.3 Å². The predicted octanol–water partition coefficient (Wildman–Crippen LogP) is 2.38. The largest absolute Gasteiger partial charge is 0.481 e. The van der Waals surface area contributed by atoms with Crippen LogP contribution in [0, 0.1) is 0 Å². The van der Waals surface area contributed by atoms with Gasteiger partial charge in [-0.15, -0.1) is 0 Å². The highest BCUT2D eigenvalue weighted by Gasteiger charge is 1.97. The Morgan fingerprint density at radius 1 is 1.67 bits per heavy atom. The zero-order valence-corrected chi connectivity index (χ0v) is 9.58. The molecule has 80 valence electrons. The van der Waals surface area contributed by atoms with Crippen LogP contribution in [0.4, 0.5) is 0 Å². The predicted molar refractivity (Wildman–Crippen MR) is 63.0 cm³/mol. The maximum atomic E-state index is 10.7. The lowest BCUT2D eigenvalue weighted by Crippen LogP contribution is -1.89. The molecule has 1 heterocycles.